The fraction of sp³-hybridized carbons (Fsp3) is 0.143. The predicted octanol–water partition coefficient (Wildman–Crippen LogP) is 4.27. The van der Waals surface area contributed by atoms with E-state index >= 15 is 0 Å². The largest absolute Gasteiger partial charge is 0.483 e. The molecule has 5 nitrogen and oxygen atoms in total. The molecule has 0 fully saturated rings. The smallest absolute Gasteiger partial charge is 0.352 e. The van der Waals surface area contributed by atoms with E-state index in [1.165, 1.54) is 0 Å². The van der Waals surface area contributed by atoms with Gasteiger partial charge < -0.3 is 14.4 Å². The van der Waals surface area contributed by atoms with Crippen LogP contribution in [-0.4, -0.2) is 21.2 Å². The molecule has 0 aliphatic carbocycles. The van der Waals surface area contributed by atoms with Crippen molar-refractivity contribution in [2.75, 3.05) is 0 Å². The summed E-state index contributed by atoms with van der Waals surface area (Å²) in [6.45, 7) is 3.83. The van der Waals surface area contributed by atoms with Gasteiger partial charge in [0.05, 0.1) is 22.8 Å². The summed E-state index contributed by atoms with van der Waals surface area (Å²) in [6, 6.07) is 16.5. The number of carboxylic acid groups (broad SMARTS) is 1. The summed E-state index contributed by atoms with van der Waals surface area (Å²) in [5, 5.41) is 19.8. The number of aromatic nitrogens is 1. The minimum Gasteiger partial charge on any atom is -0.483 e. The number of hydrogen-bond acceptors (Lipinski definition) is 3. The third kappa shape index (κ3) is 2.44. The number of benzene rings is 2. The Bertz CT molecular complexity index is 1130. The summed E-state index contributed by atoms with van der Waals surface area (Å²) >= 11 is 0. The van der Waals surface area contributed by atoms with Gasteiger partial charge in [-0.3, -0.25) is 0 Å². The summed E-state index contributed by atoms with van der Waals surface area (Å²) in [5.74, 6) is -0.384. The van der Waals surface area contributed by atoms with Crippen molar-refractivity contribution in [3.05, 3.63) is 71.4 Å². The summed E-state index contributed by atoms with van der Waals surface area (Å²) in [7, 11) is 0. The number of nitriles is 1. The Morgan fingerprint density at radius 2 is 1.96 bits per heavy atom. The molecule has 0 unspecified atom stereocenters. The highest BCUT2D eigenvalue weighted by molar-refractivity contribution is 5.99. The molecule has 0 saturated heterocycles. The molecule has 3 aromatic rings. The molecular formula is C21H16N2O3. The van der Waals surface area contributed by atoms with Gasteiger partial charge in [-0.25, -0.2) is 4.79 Å². The molecule has 0 bridgehead atoms. The first kappa shape index (κ1) is 16.0. The van der Waals surface area contributed by atoms with Gasteiger partial charge in [0.1, 0.15) is 17.0 Å². The van der Waals surface area contributed by atoms with Gasteiger partial charge >= 0.3 is 5.97 Å². The summed E-state index contributed by atoms with van der Waals surface area (Å²) < 4.78 is 7.74. The molecule has 0 radical (unpaired) electrons. The Kier molecular flexibility index (Phi) is 3.38. The maximum absolute atomic E-state index is 11.9. The van der Waals surface area contributed by atoms with Crippen LogP contribution in [0.15, 0.2) is 54.6 Å². The predicted molar refractivity (Wildman–Crippen MR) is 98.1 cm³/mol. The van der Waals surface area contributed by atoms with Crippen molar-refractivity contribution in [1.29, 1.82) is 5.26 Å². The number of carbonyl (C=O) groups is 1. The number of rotatable bonds is 2. The Hall–Kier alpha value is -3.52. The molecular weight excluding hydrogens is 328 g/mol. The van der Waals surface area contributed by atoms with Crippen molar-refractivity contribution in [3.63, 3.8) is 0 Å². The van der Waals surface area contributed by atoms with Crippen LogP contribution in [0.1, 0.15) is 35.5 Å². The average molecular weight is 344 g/mol. The Labute approximate surface area is 150 Å². The molecule has 4 rings (SSSR count). The van der Waals surface area contributed by atoms with Crippen molar-refractivity contribution >= 4 is 22.6 Å². The van der Waals surface area contributed by atoms with Gasteiger partial charge in [-0.2, -0.15) is 5.26 Å². The highest BCUT2D eigenvalue weighted by Gasteiger charge is 2.30. The highest BCUT2D eigenvalue weighted by Crippen LogP contribution is 2.39. The monoisotopic (exact) mass is 344 g/mol. The molecule has 1 aromatic heterocycles. The number of nitrogens with zero attached hydrogens (tertiary/aromatic N) is 2. The molecule has 0 spiro atoms. The quantitative estimate of drug-likeness (QED) is 0.753. The van der Waals surface area contributed by atoms with Crippen LogP contribution in [0.25, 0.3) is 16.6 Å². The number of para-hydroxylation sites is 1. The lowest BCUT2D eigenvalue weighted by atomic mass is 9.97. The van der Waals surface area contributed by atoms with Gasteiger partial charge in [0, 0.05) is 10.9 Å². The summed E-state index contributed by atoms with van der Waals surface area (Å²) in [6.07, 6.45) is 1.90. The summed E-state index contributed by atoms with van der Waals surface area (Å²) in [5.41, 5.74) is 2.24. The normalized spacial score (nSPS) is 14.9. The molecule has 5 heteroatoms. The first-order chi connectivity index (χ1) is 12.4. The van der Waals surface area contributed by atoms with Crippen LogP contribution in [0, 0.1) is 11.3 Å². The van der Waals surface area contributed by atoms with Gasteiger partial charge in [0.15, 0.2) is 0 Å². The van der Waals surface area contributed by atoms with E-state index in [9.17, 15) is 15.2 Å². The molecule has 2 heterocycles. The standard InChI is InChI=1S/C21H16N2O3/c1-21(2)11-18(15-9-13(12-22)7-8-19(15)26-21)23-16-6-4-3-5-14(16)10-17(23)20(24)25/h3-11H,1-2H3,(H,24,25). The van der Waals surface area contributed by atoms with Crippen molar-refractivity contribution in [3.8, 4) is 11.8 Å². The number of hydrogen-bond donors (Lipinski definition) is 1. The molecule has 26 heavy (non-hydrogen) atoms. The SMILES string of the molecule is CC1(C)C=C(n2c(C(=O)O)cc3ccccc32)c2cc(C#N)ccc2O1. The zero-order valence-electron chi connectivity index (χ0n) is 14.4. The molecule has 128 valence electrons. The molecule has 2 aromatic carbocycles. The average Bonchev–Trinajstić information content (AvgIpc) is 2.99. The fourth-order valence-corrected chi connectivity index (χ4v) is 3.37. The van der Waals surface area contributed by atoms with Crippen LogP contribution in [-0.2, 0) is 0 Å². The van der Waals surface area contributed by atoms with E-state index in [1.54, 1.807) is 28.8 Å². The van der Waals surface area contributed by atoms with E-state index in [-0.39, 0.29) is 5.69 Å². The van der Waals surface area contributed by atoms with Crippen LogP contribution in [0.2, 0.25) is 0 Å². The first-order valence-corrected chi connectivity index (χ1v) is 8.20. The minimum atomic E-state index is -1.01. The Balaban J connectivity index is 2.08. The number of carboxylic acids is 1. The van der Waals surface area contributed by atoms with Crippen LogP contribution in [0.4, 0.5) is 0 Å². The topological polar surface area (TPSA) is 75.3 Å². The second-order valence-electron chi connectivity index (χ2n) is 6.79. The molecule has 1 aliphatic rings. The number of fused-ring (bicyclic) bond motifs is 2. The van der Waals surface area contributed by atoms with Gasteiger partial charge in [0.25, 0.3) is 0 Å². The number of aromatic carboxylic acids is 1. The first-order valence-electron chi connectivity index (χ1n) is 8.20. The minimum absolute atomic E-state index is 0.170. The van der Waals surface area contributed by atoms with Crippen LogP contribution in [0.3, 0.4) is 0 Å². The molecule has 0 amide bonds. The van der Waals surface area contributed by atoms with E-state index in [0.717, 1.165) is 10.9 Å². The fourth-order valence-electron chi connectivity index (χ4n) is 3.37. The summed E-state index contributed by atoms with van der Waals surface area (Å²) in [4.78, 5) is 11.9. The van der Waals surface area contributed by atoms with Crippen LogP contribution < -0.4 is 4.74 Å². The maximum atomic E-state index is 11.9. The van der Waals surface area contributed by atoms with Gasteiger partial charge in [0.2, 0.25) is 0 Å². The lowest BCUT2D eigenvalue weighted by Crippen LogP contribution is -2.30. The lowest BCUT2D eigenvalue weighted by molar-refractivity contribution is 0.0688. The van der Waals surface area contributed by atoms with Gasteiger partial charge in [-0.05, 0) is 50.3 Å². The van der Waals surface area contributed by atoms with Crippen molar-refractivity contribution in [1.82, 2.24) is 4.57 Å². The van der Waals surface area contributed by atoms with E-state index in [2.05, 4.69) is 6.07 Å². The lowest BCUT2D eigenvalue weighted by Gasteiger charge is -2.32. The van der Waals surface area contributed by atoms with Crippen molar-refractivity contribution in [2.45, 2.75) is 19.4 Å². The zero-order valence-corrected chi connectivity index (χ0v) is 14.4. The van der Waals surface area contributed by atoms with Gasteiger partial charge in [-0.15, -0.1) is 0 Å². The highest BCUT2D eigenvalue weighted by atomic mass is 16.5. The molecule has 1 N–H and O–H groups in total. The van der Waals surface area contributed by atoms with E-state index in [0.29, 0.717) is 22.6 Å². The second-order valence-corrected chi connectivity index (χ2v) is 6.79. The van der Waals surface area contributed by atoms with E-state index in [1.807, 2.05) is 44.2 Å². The van der Waals surface area contributed by atoms with Crippen LogP contribution in [0.5, 0.6) is 5.75 Å². The zero-order chi connectivity index (χ0) is 18.5. The second kappa shape index (κ2) is 5.50. The number of ether oxygens (including phenoxy) is 1. The third-order valence-corrected chi connectivity index (χ3v) is 4.41. The van der Waals surface area contributed by atoms with Crippen molar-refractivity contribution < 1.29 is 14.6 Å². The Morgan fingerprint density at radius 1 is 1.19 bits per heavy atom. The molecule has 0 atom stereocenters. The van der Waals surface area contributed by atoms with Crippen molar-refractivity contribution in [2.24, 2.45) is 0 Å². The van der Waals surface area contributed by atoms with Crippen LogP contribution >= 0.6 is 0 Å². The van der Waals surface area contributed by atoms with E-state index in [4.69, 9.17) is 4.74 Å². The van der Waals surface area contributed by atoms with Gasteiger partial charge in [-0.1, -0.05) is 18.2 Å². The molecule has 0 saturated carbocycles. The third-order valence-electron chi connectivity index (χ3n) is 4.41. The molecule has 1 aliphatic heterocycles. The van der Waals surface area contributed by atoms with E-state index < -0.39 is 11.6 Å². The Morgan fingerprint density at radius 3 is 2.69 bits per heavy atom. The maximum Gasteiger partial charge on any atom is 0.352 e.